The number of ether oxygens (including phenoxy) is 1. The Morgan fingerprint density at radius 1 is 1.19 bits per heavy atom. The zero-order valence-electron chi connectivity index (χ0n) is 11.3. The fourth-order valence-electron chi connectivity index (χ4n) is 1.88. The Morgan fingerprint density at radius 3 is 2.33 bits per heavy atom. The number of nitro groups is 1. The van der Waals surface area contributed by atoms with E-state index < -0.39 is 10.9 Å². The summed E-state index contributed by atoms with van der Waals surface area (Å²) in [5.74, 6) is 0.135. The highest BCUT2D eigenvalue weighted by atomic mass is 16.6. The highest BCUT2D eigenvalue weighted by molar-refractivity contribution is 5.70. The van der Waals surface area contributed by atoms with E-state index in [2.05, 4.69) is 0 Å². The Kier molecular flexibility index (Phi) is 4.18. The van der Waals surface area contributed by atoms with Crippen LogP contribution in [0.1, 0.15) is 11.1 Å². The molecule has 6 heteroatoms. The van der Waals surface area contributed by atoms with Crippen molar-refractivity contribution in [3.8, 4) is 11.5 Å². The van der Waals surface area contributed by atoms with Crippen molar-refractivity contribution in [2.45, 2.75) is 13.3 Å². The lowest BCUT2D eigenvalue weighted by atomic mass is 10.1. The minimum absolute atomic E-state index is 0.0409. The maximum atomic E-state index is 10.7. The fourth-order valence-corrected chi connectivity index (χ4v) is 1.88. The Hall–Kier alpha value is -2.89. The minimum atomic E-state index is -0.894. The summed E-state index contributed by atoms with van der Waals surface area (Å²) in [5.41, 5.74) is 1.23. The van der Waals surface area contributed by atoms with E-state index in [4.69, 9.17) is 9.84 Å². The van der Waals surface area contributed by atoms with Gasteiger partial charge in [0.1, 0.15) is 11.5 Å². The molecule has 0 amide bonds. The number of benzene rings is 2. The van der Waals surface area contributed by atoms with Crippen LogP contribution in [0, 0.1) is 17.0 Å². The van der Waals surface area contributed by atoms with Crippen molar-refractivity contribution >= 4 is 11.7 Å². The number of carboxylic acids is 1. The van der Waals surface area contributed by atoms with Gasteiger partial charge in [0, 0.05) is 11.6 Å². The Labute approximate surface area is 120 Å². The summed E-state index contributed by atoms with van der Waals surface area (Å²) in [7, 11) is 0. The number of aryl methyl sites for hydroxylation is 1. The summed E-state index contributed by atoms with van der Waals surface area (Å²) in [5, 5.41) is 19.4. The van der Waals surface area contributed by atoms with Gasteiger partial charge in [0.05, 0.1) is 11.3 Å². The second-order valence-corrected chi connectivity index (χ2v) is 4.52. The molecule has 0 spiro atoms. The van der Waals surface area contributed by atoms with Crippen LogP contribution in [-0.2, 0) is 11.2 Å². The average Bonchev–Trinajstić information content (AvgIpc) is 2.40. The lowest BCUT2D eigenvalue weighted by molar-refractivity contribution is -0.385. The first-order valence-electron chi connectivity index (χ1n) is 6.19. The molecule has 1 N–H and O–H groups in total. The summed E-state index contributed by atoms with van der Waals surface area (Å²) in [6.07, 6.45) is -0.0447. The van der Waals surface area contributed by atoms with Gasteiger partial charge in [-0.3, -0.25) is 14.9 Å². The second kappa shape index (κ2) is 6.04. The highest BCUT2D eigenvalue weighted by Crippen LogP contribution is 2.27. The molecule has 0 fully saturated rings. The van der Waals surface area contributed by atoms with Crippen LogP contribution in [0.25, 0.3) is 0 Å². The number of nitrogens with zero attached hydrogens (tertiary/aromatic N) is 1. The molecule has 0 saturated heterocycles. The molecular formula is C15H13NO5. The molecule has 0 saturated carbocycles. The number of rotatable bonds is 5. The van der Waals surface area contributed by atoms with Crippen molar-refractivity contribution < 1.29 is 19.6 Å². The lowest BCUT2D eigenvalue weighted by Gasteiger charge is -2.07. The third-order valence-electron chi connectivity index (χ3n) is 2.88. The van der Waals surface area contributed by atoms with Crippen LogP contribution < -0.4 is 4.74 Å². The fraction of sp³-hybridized carbons (Fsp3) is 0.133. The molecule has 6 nitrogen and oxygen atoms in total. The van der Waals surface area contributed by atoms with Gasteiger partial charge in [-0.15, -0.1) is 0 Å². The first kappa shape index (κ1) is 14.5. The molecule has 0 atom stereocenters. The van der Waals surface area contributed by atoms with E-state index in [-0.39, 0.29) is 12.1 Å². The largest absolute Gasteiger partial charge is 0.481 e. The molecular weight excluding hydrogens is 274 g/mol. The third kappa shape index (κ3) is 3.79. The van der Waals surface area contributed by atoms with E-state index >= 15 is 0 Å². The van der Waals surface area contributed by atoms with Gasteiger partial charge in [-0.2, -0.15) is 0 Å². The zero-order chi connectivity index (χ0) is 15.4. The Balaban J connectivity index is 2.13. The number of aliphatic carboxylic acids is 1. The zero-order valence-corrected chi connectivity index (χ0v) is 11.3. The molecule has 0 aliphatic heterocycles. The first-order chi connectivity index (χ1) is 9.95. The molecule has 0 unspecified atom stereocenters. The number of hydrogen-bond donors (Lipinski definition) is 1. The van der Waals surface area contributed by atoms with Crippen LogP contribution in [0.4, 0.5) is 5.69 Å². The standard InChI is InChI=1S/C15H13NO5/c1-10-8-13(6-7-14(10)16(19)20)21-12-4-2-11(3-5-12)9-15(17)18/h2-8H,9H2,1H3,(H,17,18). The van der Waals surface area contributed by atoms with E-state index in [1.54, 1.807) is 37.3 Å². The topological polar surface area (TPSA) is 89.7 Å². The maximum absolute atomic E-state index is 10.7. The van der Waals surface area contributed by atoms with Crippen LogP contribution >= 0.6 is 0 Å². The maximum Gasteiger partial charge on any atom is 0.307 e. The number of carboxylic acid groups (broad SMARTS) is 1. The molecule has 2 aromatic rings. The van der Waals surface area contributed by atoms with Gasteiger partial charge in [0.15, 0.2) is 0 Å². The van der Waals surface area contributed by atoms with Crippen molar-refractivity contribution in [3.05, 3.63) is 63.7 Å². The van der Waals surface area contributed by atoms with Gasteiger partial charge in [-0.1, -0.05) is 12.1 Å². The van der Waals surface area contributed by atoms with Crippen LogP contribution in [-0.4, -0.2) is 16.0 Å². The van der Waals surface area contributed by atoms with Crippen LogP contribution in [0.15, 0.2) is 42.5 Å². The first-order valence-corrected chi connectivity index (χ1v) is 6.19. The Morgan fingerprint density at radius 2 is 1.81 bits per heavy atom. The molecule has 0 bridgehead atoms. The quantitative estimate of drug-likeness (QED) is 0.673. The SMILES string of the molecule is Cc1cc(Oc2ccc(CC(=O)O)cc2)ccc1[N+](=O)[O-]. The predicted molar refractivity (Wildman–Crippen MR) is 75.7 cm³/mol. The summed E-state index contributed by atoms with van der Waals surface area (Å²) in [4.78, 5) is 20.9. The van der Waals surface area contributed by atoms with Crippen molar-refractivity contribution in [3.63, 3.8) is 0 Å². The van der Waals surface area contributed by atoms with E-state index in [1.165, 1.54) is 12.1 Å². The second-order valence-electron chi connectivity index (χ2n) is 4.52. The Bertz CT molecular complexity index is 679. The number of carbonyl (C=O) groups is 1. The van der Waals surface area contributed by atoms with Crippen molar-refractivity contribution in [2.24, 2.45) is 0 Å². The van der Waals surface area contributed by atoms with Crippen molar-refractivity contribution in [2.75, 3.05) is 0 Å². The molecule has 21 heavy (non-hydrogen) atoms. The van der Waals surface area contributed by atoms with E-state index in [0.29, 0.717) is 22.6 Å². The molecule has 0 aliphatic rings. The van der Waals surface area contributed by atoms with Gasteiger partial charge in [-0.05, 0) is 36.8 Å². The van der Waals surface area contributed by atoms with Gasteiger partial charge >= 0.3 is 5.97 Å². The third-order valence-corrected chi connectivity index (χ3v) is 2.88. The lowest BCUT2D eigenvalue weighted by Crippen LogP contribution is -1.99. The van der Waals surface area contributed by atoms with Gasteiger partial charge in [0.25, 0.3) is 5.69 Å². The monoisotopic (exact) mass is 287 g/mol. The minimum Gasteiger partial charge on any atom is -0.481 e. The summed E-state index contributed by atoms with van der Waals surface area (Å²) >= 11 is 0. The van der Waals surface area contributed by atoms with Gasteiger partial charge in [0.2, 0.25) is 0 Å². The average molecular weight is 287 g/mol. The van der Waals surface area contributed by atoms with Crippen LogP contribution in [0.3, 0.4) is 0 Å². The molecule has 108 valence electrons. The van der Waals surface area contributed by atoms with Gasteiger partial charge < -0.3 is 9.84 Å². The normalized spacial score (nSPS) is 10.1. The molecule has 0 aromatic heterocycles. The summed E-state index contributed by atoms with van der Waals surface area (Å²) < 4.78 is 5.58. The van der Waals surface area contributed by atoms with Crippen molar-refractivity contribution in [1.29, 1.82) is 0 Å². The molecule has 0 heterocycles. The molecule has 2 rings (SSSR count). The number of hydrogen-bond acceptors (Lipinski definition) is 4. The smallest absolute Gasteiger partial charge is 0.307 e. The summed E-state index contributed by atoms with van der Waals surface area (Å²) in [6, 6.07) is 11.2. The van der Waals surface area contributed by atoms with Crippen LogP contribution in [0.2, 0.25) is 0 Å². The highest BCUT2D eigenvalue weighted by Gasteiger charge is 2.11. The van der Waals surface area contributed by atoms with E-state index in [9.17, 15) is 14.9 Å². The number of nitro benzene ring substituents is 1. The predicted octanol–water partition coefficient (Wildman–Crippen LogP) is 3.32. The van der Waals surface area contributed by atoms with Crippen LogP contribution in [0.5, 0.6) is 11.5 Å². The van der Waals surface area contributed by atoms with E-state index in [1.807, 2.05) is 0 Å². The molecule has 0 radical (unpaired) electrons. The van der Waals surface area contributed by atoms with E-state index in [0.717, 1.165) is 0 Å². The molecule has 0 aliphatic carbocycles. The summed E-state index contributed by atoms with van der Waals surface area (Å²) in [6.45, 7) is 1.64. The van der Waals surface area contributed by atoms with Gasteiger partial charge in [-0.25, -0.2) is 0 Å². The van der Waals surface area contributed by atoms with Crippen molar-refractivity contribution in [1.82, 2.24) is 0 Å². The molecule has 2 aromatic carbocycles.